The topological polar surface area (TPSA) is 107 Å². The third-order valence-electron chi connectivity index (χ3n) is 6.21. The molecule has 0 bridgehead atoms. The van der Waals surface area contributed by atoms with E-state index in [2.05, 4.69) is 33.6 Å². The molecule has 204 valence electrons. The van der Waals surface area contributed by atoms with Gasteiger partial charge < -0.3 is 15.7 Å². The van der Waals surface area contributed by atoms with E-state index >= 15 is 0 Å². The second kappa shape index (κ2) is 13.5. The number of hydrogen-bond acceptors (Lipinski definition) is 6. The fourth-order valence-corrected chi connectivity index (χ4v) is 5.14. The Hall–Kier alpha value is -3.60. The molecule has 2 atom stereocenters. The molecular weight excluding hydrogens is 522 g/mol. The lowest BCUT2D eigenvalue weighted by Gasteiger charge is -2.25. The van der Waals surface area contributed by atoms with Crippen LogP contribution in [0, 0.1) is 11.6 Å². The summed E-state index contributed by atoms with van der Waals surface area (Å²) < 4.78 is 27.6. The Kier molecular flexibility index (Phi) is 9.80. The van der Waals surface area contributed by atoms with Gasteiger partial charge in [0.25, 0.3) is 0 Å². The van der Waals surface area contributed by atoms with E-state index in [9.17, 15) is 23.5 Å². The van der Waals surface area contributed by atoms with E-state index < -0.39 is 35.4 Å². The number of aromatic amines is 1. The van der Waals surface area contributed by atoms with Gasteiger partial charge in [0.2, 0.25) is 5.91 Å². The highest BCUT2D eigenvalue weighted by Crippen LogP contribution is 2.23. The lowest BCUT2D eigenvalue weighted by atomic mass is 10.0. The molecular formula is C29H30F2N4O3S. The molecule has 4 N–H and O–H groups in total. The molecule has 0 aliphatic heterocycles. The van der Waals surface area contributed by atoms with E-state index in [0.717, 1.165) is 29.8 Å². The molecule has 0 fully saturated rings. The number of hydrogen-bond donors (Lipinski definition) is 4. The first-order valence-electron chi connectivity index (χ1n) is 12.6. The first-order chi connectivity index (χ1) is 18.8. The third kappa shape index (κ3) is 8.19. The number of nitrogens with zero attached hydrogens (tertiary/aromatic N) is 1. The van der Waals surface area contributed by atoms with Gasteiger partial charge in [0.1, 0.15) is 11.6 Å². The second-order valence-corrected chi connectivity index (χ2v) is 10.2. The molecule has 3 aromatic carbocycles. The SMILES string of the molecule is CCc1cccc(CNC[C@@H](O)[C@H](Cc2cc(F)cc(F)c2)NC(=O)CSc2[nH]c(=O)nc3ccccc23)c1. The molecule has 10 heteroatoms. The zero-order valence-electron chi connectivity index (χ0n) is 21.4. The maximum Gasteiger partial charge on any atom is 0.346 e. The van der Waals surface area contributed by atoms with Gasteiger partial charge >= 0.3 is 5.69 Å². The second-order valence-electron chi connectivity index (χ2n) is 9.20. The van der Waals surface area contributed by atoms with Gasteiger partial charge in [-0.3, -0.25) is 9.78 Å². The van der Waals surface area contributed by atoms with Crippen LogP contribution >= 0.6 is 11.8 Å². The van der Waals surface area contributed by atoms with Crippen LogP contribution < -0.4 is 16.3 Å². The molecule has 0 spiro atoms. The summed E-state index contributed by atoms with van der Waals surface area (Å²) in [5.41, 5.74) is 2.57. The molecule has 4 rings (SSSR count). The third-order valence-corrected chi connectivity index (χ3v) is 7.23. The number of fused-ring (bicyclic) bond motifs is 1. The van der Waals surface area contributed by atoms with Crippen molar-refractivity contribution in [1.82, 2.24) is 20.6 Å². The number of rotatable bonds is 12. The first-order valence-corrected chi connectivity index (χ1v) is 13.6. The van der Waals surface area contributed by atoms with Crippen LogP contribution in [0.5, 0.6) is 0 Å². The number of para-hydroxylation sites is 1. The summed E-state index contributed by atoms with van der Waals surface area (Å²) in [5.74, 6) is -1.93. The van der Waals surface area contributed by atoms with E-state index in [-0.39, 0.29) is 18.7 Å². The number of benzene rings is 3. The molecule has 4 aromatic rings. The molecule has 1 heterocycles. The fraction of sp³-hybridized carbons (Fsp3) is 0.276. The van der Waals surface area contributed by atoms with E-state index in [1.54, 1.807) is 18.2 Å². The quantitative estimate of drug-likeness (QED) is 0.158. The van der Waals surface area contributed by atoms with Gasteiger partial charge in [0, 0.05) is 24.5 Å². The Morgan fingerprint density at radius 1 is 1.03 bits per heavy atom. The number of aromatic nitrogens is 2. The van der Waals surface area contributed by atoms with Gasteiger partial charge in [-0.15, -0.1) is 0 Å². The molecule has 0 saturated heterocycles. The summed E-state index contributed by atoms with van der Waals surface area (Å²) in [5, 5.41) is 18.2. The van der Waals surface area contributed by atoms with Crippen molar-refractivity contribution in [3.63, 3.8) is 0 Å². The van der Waals surface area contributed by atoms with Crippen molar-refractivity contribution in [3.05, 3.63) is 106 Å². The number of H-pyrrole nitrogens is 1. The maximum atomic E-state index is 13.8. The van der Waals surface area contributed by atoms with Crippen LogP contribution in [0.25, 0.3) is 10.9 Å². The first kappa shape index (κ1) is 28.4. The van der Waals surface area contributed by atoms with Gasteiger partial charge in [-0.1, -0.05) is 61.2 Å². The Morgan fingerprint density at radius 3 is 2.54 bits per heavy atom. The summed E-state index contributed by atoms with van der Waals surface area (Å²) in [6.45, 7) is 2.74. The Bertz CT molecular complexity index is 1480. The highest BCUT2D eigenvalue weighted by atomic mass is 32.2. The molecule has 0 aliphatic carbocycles. The van der Waals surface area contributed by atoms with Crippen LogP contribution in [0.2, 0.25) is 0 Å². The van der Waals surface area contributed by atoms with Gasteiger partial charge in [0.15, 0.2) is 0 Å². The highest BCUT2D eigenvalue weighted by molar-refractivity contribution is 8.00. The monoisotopic (exact) mass is 552 g/mol. The Morgan fingerprint density at radius 2 is 1.77 bits per heavy atom. The summed E-state index contributed by atoms with van der Waals surface area (Å²) in [6.07, 6.45) is -0.106. The maximum absolute atomic E-state index is 13.8. The minimum Gasteiger partial charge on any atom is -0.390 e. The van der Waals surface area contributed by atoms with E-state index in [0.29, 0.717) is 28.0 Å². The molecule has 1 amide bonds. The van der Waals surface area contributed by atoms with Crippen molar-refractivity contribution in [1.29, 1.82) is 0 Å². The predicted molar refractivity (Wildman–Crippen MR) is 149 cm³/mol. The van der Waals surface area contributed by atoms with E-state index in [1.807, 2.05) is 24.3 Å². The van der Waals surface area contributed by atoms with Crippen molar-refractivity contribution in [2.75, 3.05) is 12.3 Å². The number of thioether (sulfide) groups is 1. The largest absolute Gasteiger partial charge is 0.390 e. The molecule has 7 nitrogen and oxygen atoms in total. The van der Waals surface area contributed by atoms with Crippen LogP contribution in [-0.2, 0) is 24.2 Å². The number of amides is 1. The predicted octanol–water partition coefficient (Wildman–Crippen LogP) is 3.73. The number of aliphatic hydroxyl groups excluding tert-OH is 1. The molecule has 0 aliphatic rings. The number of nitrogens with one attached hydrogen (secondary N) is 3. The lowest BCUT2D eigenvalue weighted by molar-refractivity contribution is -0.120. The number of halogens is 2. The van der Waals surface area contributed by atoms with Crippen molar-refractivity contribution in [2.45, 2.75) is 43.5 Å². The van der Waals surface area contributed by atoms with E-state index in [1.165, 1.54) is 17.7 Å². The average molecular weight is 553 g/mol. The average Bonchev–Trinajstić information content (AvgIpc) is 2.90. The minimum atomic E-state index is -1.04. The minimum absolute atomic E-state index is 0.0221. The van der Waals surface area contributed by atoms with Gasteiger partial charge in [-0.2, -0.15) is 4.98 Å². The zero-order valence-corrected chi connectivity index (χ0v) is 22.2. The zero-order chi connectivity index (χ0) is 27.8. The summed E-state index contributed by atoms with van der Waals surface area (Å²) >= 11 is 1.13. The number of carbonyl (C=O) groups is 1. The summed E-state index contributed by atoms with van der Waals surface area (Å²) in [4.78, 5) is 31.4. The number of aryl methyl sites for hydroxylation is 1. The van der Waals surface area contributed by atoms with Crippen molar-refractivity contribution < 1.29 is 18.7 Å². The Labute approximate surface area is 229 Å². The molecule has 1 aromatic heterocycles. The van der Waals surface area contributed by atoms with Crippen LogP contribution in [-0.4, -0.2) is 45.4 Å². The molecule has 39 heavy (non-hydrogen) atoms. The molecule has 0 radical (unpaired) electrons. The van der Waals surface area contributed by atoms with Crippen molar-refractivity contribution >= 4 is 28.6 Å². The standard InChI is InChI=1S/C29H30F2N4O3S/c1-2-18-6-5-7-19(10-18)15-32-16-26(36)25(13-20-11-21(30)14-22(31)12-20)33-27(37)17-39-28-23-8-3-4-9-24(23)34-29(38)35-28/h3-12,14,25-26,32,36H,2,13,15-17H2,1H3,(H,33,37)(H,34,35,38)/t25-,26+/m0/s1. The summed E-state index contributed by atoms with van der Waals surface area (Å²) in [7, 11) is 0. The fourth-order valence-electron chi connectivity index (χ4n) is 4.30. The van der Waals surface area contributed by atoms with E-state index in [4.69, 9.17) is 0 Å². The van der Waals surface area contributed by atoms with Gasteiger partial charge in [0.05, 0.1) is 28.4 Å². The van der Waals surface area contributed by atoms with Gasteiger partial charge in [-0.25, -0.2) is 13.6 Å². The van der Waals surface area contributed by atoms with Crippen LogP contribution in [0.15, 0.2) is 76.6 Å². The molecule has 0 unspecified atom stereocenters. The van der Waals surface area contributed by atoms with Crippen LogP contribution in [0.4, 0.5) is 8.78 Å². The highest BCUT2D eigenvalue weighted by Gasteiger charge is 2.23. The Balaban J connectivity index is 1.43. The number of carbonyl (C=O) groups excluding carboxylic acids is 1. The summed E-state index contributed by atoms with van der Waals surface area (Å²) in [6, 6.07) is 17.5. The molecule has 0 saturated carbocycles. The van der Waals surface area contributed by atoms with Crippen molar-refractivity contribution in [3.8, 4) is 0 Å². The normalized spacial score (nSPS) is 12.8. The van der Waals surface area contributed by atoms with Crippen LogP contribution in [0.3, 0.4) is 0 Å². The lowest BCUT2D eigenvalue weighted by Crippen LogP contribution is -2.49. The number of aliphatic hydroxyl groups is 1. The van der Waals surface area contributed by atoms with Crippen molar-refractivity contribution in [2.24, 2.45) is 0 Å². The smallest absolute Gasteiger partial charge is 0.346 e. The van der Waals surface area contributed by atoms with Crippen LogP contribution in [0.1, 0.15) is 23.6 Å². The van der Waals surface area contributed by atoms with Gasteiger partial charge in [-0.05, 0) is 47.7 Å².